The summed E-state index contributed by atoms with van der Waals surface area (Å²) in [6.07, 6.45) is 6.53. The van der Waals surface area contributed by atoms with Crippen molar-refractivity contribution < 1.29 is 9.90 Å². The van der Waals surface area contributed by atoms with E-state index in [2.05, 4.69) is 36.3 Å². The highest BCUT2D eigenvalue weighted by molar-refractivity contribution is 5.69. The molecule has 6 heteroatoms. The summed E-state index contributed by atoms with van der Waals surface area (Å²) in [5, 5.41) is 21.4. The molecule has 0 aromatic carbocycles. The summed E-state index contributed by atoms with van der Waals surface area (Å²) >= 11 is 0. The number of nitrogens with zero attached hydrogens (tertiary/aromatic N) is 4. The SMILES string of the molecule is CC(C)(C)CC(Cn1nnnc1C1CCCCC1)C(=O)O. The Bertz CT molecular complexity index is 472. The minimum absolute atomic E-state index is 0.0257. The van der Waals surface area contributed by atoms with E-state index >= 15 is 0 Å². The van der Waals surface area contributed by atoms with Gasteiger partial charge in [0.1, 0.15) is 0 Å². The number of hydrogen-bond acceptors (Lipinski definition) is 4. The first-order valence-electron chi connectivity index (χ1n) is 7.86. The zero-order chi connectivity index (χ0) is 15.5. The largest absolute Gasteiger partial charge is 0.481 e. The number of aliphatic carboxylic acids is 1. The minimum Gasteiger partial charge on any atom is -0.481 e. The number of rotatable bonds is 5. The van der Waals surface area contributed by atoms with Gasteiger partial charge in [0.25, 0.3) is 0 Å². The minimum atomic E-state index is -0.769. The van der Waals surface area contributed by atoms with E-state index in [1.54, 1.807) is 4.68 Å². The van der Waals surface area contributed by atoms with E-state index in [1.807, 2.05) is 0 Å². The summed E-state index contributed by atoms with van der Waals surface area (Å²) in [5.41, 5.74) is -0.0257. The Morgan fingerprint density at radius 3 is 2.57 bits per heavy atom. The molecule has 1 fully saturated rings. The predicted octanol–water partition coefficient (Wildman–Crippen LogP) is 2.86. The summed E-state index contributed by atoms with van der Waals surface area (Å²) in [4.78, 5) is 11.5. The molecule has 1 aliphatic rings. The molecule has 6 nitrogen and oxygen atoms in total. The van der Waals surface area contributed by atoms with Gasteiger partial charge in [-0.1, -0.05) is 40.0 Å². The first kappa shape index (κ1) is 15.9. The van der Waals surface area contributed by atoms with Crippen molar-refractivity contribution in [2.24, 2.45) is 11.3 Å². The number of aromatic nitrogens is 4. The summed E-state index contributed by atoms with van der Waals surface area (Å²) in [5.74, 6) is 0.0403. The van der Waals surface area contributed by atoms with E-state index in [9.17, 15) is 9.90 Å². The van der Waals surface area contributed by atoms with Crippen LogP contribution >= 0.6 is 0 Å². The Hall–Kier alpha value is -1.46. The molecule has 0 aliphatic heterocycles. The van der Waals surface area contributed by atoms with Crippen LogP contribution in [-0.2, 0) is 11.3 Å². The van der Waals surface area contributed by atoms with Crippen molar-refractivity contribution in [3.63, 3.8) is 0 Å². The average Bonchev–Trinajstić information content (AvgIpc) is 2.85. The van der Waals surface area contributed by atoms with Crippen molar-refractivity contribution in [3.8, 4) is 0 Å². The quantitative estimate of drug-likeness (QED) is 0.903. The molecule has 0 spiro atoms. The molecule has 1 aromatic rings. The number of hydrogen-bond donors (Lipinski definition) is 1. The van der Waals surface area contributed by atoms with E-state index in [1.165, 1.54) is 19.3 Å². The Kier molecular flexibility index (Phi) is 4.96. The van der Waals surface area contributed by atoms with Crippen LogP contribution in [0.1, 0.15) is 71.0 Å². The third-order valence-electron chi connectivity index (χ3n) is 4.13. The molecule has 0 bridgehead atoms. The fraction of sp³-hybridized carbons (Fsp3) is 0.867. The number of carboxylic acids is 1. The first-order valence-corrected chi connectivity index (χ1v) is 7.86. The monoisotopic (exact) mass is 294 g/mol. The van der Waals surface area contributed by atoms with Crippen LogP contribution in [0.15, 0.2) is 0 Å². The highest BCUT2D eigenvalue weighted by atomic mass is 16.4. The predicted molar refractivity (Wildman–Crippen MR) is 78.8 cm³/mol. The number of carboxylic acid groups (broad SMARTS) is 1. The van der Waals surface area contributed by atoms with E-state index in [4.69, 9.17) is 0 Å². The van der Waals surface area contributed by atoms with Gasteiger partial charge >= 0.3 is 5.97 Å². The second kappa shape index (κ2) is 6.54. The van der Waals surface area contributed by atoms with Crippen molar-refractivity contribution in [1.82, 2.24) is 20.2 Å². The summed E-state index contributed by atoms with van der Waals surface area (Å²) in [6.45, 7) is 6.55. The molecule has 2 rings (SSSR count). The van der Waals surface area contributed by atoms with Gasteiger partial charge in [0.05, 0.1) is 12.5 Å². The maximum Gasteiger partial charge on any atom is 0.308 e. The average molecular weight is 294 g/mol. The molecule has 1 N–H and O–H groups in total. The molecule has 0 radical (unpaired) electrons. The van der Waals surface area contributed by atoms with Gasteiger partial charge in [-0.2, -0.15) is 0 Å². The maximum absolute atomic E-state index is 11.5. The smallest absolute Gasteiger partial charge is 0.308 e. The van der Waals surface area contributed by atoms with Gasteiger partial charge in [0.2, 0.25) is 0 Å². The van der Waals surface area contributed by atoms with Gasteiger partial charge in [0, 0.05) is 5.92 Å². The second-order valence-electron chi connectivity index (χ2n) is 7.35. The molecule has 1 aliphatic carbocycles. The van der Waals surface area contributed by atoms with E-state index < -0.39 is 11.9 Å². The van der Waals surface area contributed by atoms with E-state index in [0.717, 1.165) is 18.7 Å². The highest BCUT2D eigenvalue weighted by Crippen LogP contribution is 2.32. The maximum atomic E-state index is 11.5. The lowest BCUT2D eigenvalue weighted by Crippen LogP contribution is -2.27. The summed E-state index contributed by atoms with van der Waals surface area (Å²) in [6, 6.07) is 0. The van der Waals surface area contributed by atoms with Gasteiger partial charge < -0.3 is 5.11 Å². The fourth-order valence-corrected chi connectivity index (χ4v) is 3.17. The van der Waals surface area contributed by atoms with Crippen LogP contribution < -0.4 is 0 Å². The normalized spacial score (nSPS) is 18.6. The third-order valence-corrected chi connectivity index (χ3v) is 4.13. The molecule has 1 heterocycles. The lowest BCUT2D eigenvalue weighted by atomic mass is 9.84. The Morgan fingerprint density at radius 2 is 2.00 bits per heavy atom. The fourth-order valence-electron chi connectivity index (χ4n) is 3.17. The number of carbonyl (C=O) groups is 1. The second-order valence-corrected chi connectivity index (χ2v) is 7.35. The molecular formula is C15H26N4O2. The highest BCUT2D eigenvalue weighted by Gasteiger charge is 2.28. The molecule has 0 amide bonds. The van der Waals surface area contributed by atoms with Crippen LogP contribution in [0.2, 0.25) is 0 Å². The lowest BCUT2D eigenvalue weighted by molar-refractivity contribution is -0.143. The van der Waals surface area contributed by atoms with Gasteiger partial charge in [-0.3, -0.25) is 4.79 Å². The van der Waals surface area contributed by atoms with E-state index in [-0.39, 0.29) is 5.41 Å². The summed E-state index contributed by atoms with van der Waals surface area (Å²) in [7, 11) is 0. The Labute approximate surface area is 125 Å². The molecule has 1 saturated carbocycles. The van der Waals surface area contributed by atoms with Crippen LogP contribution in [-0.4, -0.2) is 31.3 Å². The molecule has 1 atom stereocenters. The van der Waals surface area contributed by atoms with E-state index in [0.29, 0.717) is 18.9 Å². The molecular weight excluding hydrogens is 268 g/mol. The topological polar surface area (TPSA) is 80.9 Å². The van der Waals surface area contributed by atoms with Crippen LogP contribution in [0, 0.1) is 11.3 Å². The standard InChI is InChI=1S/C15H26N4O2/c1-15(2,3)9-12(14(20)21)10-19-13(16-17-18-19)11-7-5-4-6-8-11/h11-12H,4-10H2,1-3H3,(H,20,21). The lowest BCUT2D eigenvalue weighted by Gasteiger charge is -2.25. The molecule has 1 unspecified atom stereocenters. The van der Waals surface area contributed by atoms with Crippen molar-refractivity contribution >= 4 is 5.97 Å². The van der Waals surface area contributed by atoms with Gasteiger partial charge in [-0.05, 0) is 35.1 Å². The number of tetrazole rings is 1. The molecule has 118 valence electrons. The zero-order valence-corrected chi connectivity index (χ0v) is 13.2. The first-order chi connectivity index (χ1) is 9.87. The van der Waals surface area contributed by atoms with Crippen molar-refractivity contribution in [3.05, 3.63) is 5.82 Å². The Balaban J connectivity index is 2.10. The van der Waals surface area contributed by atoms with Crippen molar-refractivity contribution in [2.45, 2.75) is 71.8 Å². The molecule has 0 saturated heterocycles. The van der Waals surface area contributed by atoms with Crippen LogP contribution in [0.3, 0.4) is 0 Å². The van der Waals surface area contributed by atoms with Crippen LogP contribution in [0.4, 0.5) is 0 Å². The van der Waals surface area contributed by atoms with Crippen LogP contribution in [0.5, 0.6) is 0 Å². The van der Waals surface area contributed by atoms with Gasteiger partial charge in [-0.25, -0.2) is 4.68 Å². The van der Waals surface area contributed by atoms with Crippen LogP contribution in [0.25, 0.3) is 0 Å². The Morgan fingerprint density at radius 1 is 1.33 bits per heavy atom. The van der Waals surface area contributed by atoms with Gasteiger partial charge in [0.15, 0.2) is 5.82 Å². The zero-order valence-electron chi connectivity index (χ0n) is 13.2. The van der Waals surface area contributed by atoms with Gasteiger partial charge in [-0.15, -0.1) is 5.10 Å². The summed E-state index contributed by atoms with van der Waals surface area (Å²) < 4.78 is 1.72. The van der Waals surface area contributed by atoms with Crippen molar-refractivity contribution in [2.75, 3.05) is 0 Å². The molecule has 1 aromatic heterocycles. The van der Waals surface area contributed by atoms with Crippen molar-refractivity contribution in [1.29, 1.82) is 0 Å². The third kappa shape index (κ3) is 4.51. The molecule has 21 heavy (non-hydrogen) atoms.